The second-order valence-electron chi connectivity index (χ2n) is 5.17. The van der Waals surface area contributed by atoms with Crippen LogP contribution in [0.4, 0.5) is 0 Å². The average Bonchev–Trinajstić information content (AvgIpc) is 2.04. The number of piperazine rings is 1. The predicted octanol–water partition coefficient (Wildman–Crippen LogP) is 1.81. The van der Waals surface area contributed by atoms with Gasteiger partial charge in [0.05, 0.1) is 0 Å². The van der Waals surface area contributed by atoms with Gasteiger partial charge in [0, 0.05) is 34.8 Å². The summed E-state index contributed by atoms with van der Waals surface area (Å²) in [7, 11) is 0. The van der Waals surface area contributed by atoms with Crippen molar-refractivity contribution >= 4 is 0 Å². The van der Waals surface area contributed by atoms with Crippen molar-refractivity contribution in [3.05, 3.63) is 0 Å². The quantitative estimate of drug-likeness (QED) is 0.571. The fourth-order valence-electron chi connectivity index (χ4n) is 2.06. The van der Waals surface area contributed by atoms with Crippen LogP contribution < -0.4 is 0 Å². The topological polar surface area (TPSA) is 6.48 Å². The molecule has 1 aliphatic rings. The van der Waals surface area contributed by atoms with Crippen LogP contribution in [0, 0.1) is 0 Å². The third kappa shape index (κ3) is 2.44. The van der Waals surface area contributed by atoms with E-state index < -0.39 is 6.98 Å². The van der Waals surface area contributed by atoms with Gasteiger partial charge in [-0.3, -0.25) is 4.90 Å². The van der Waals surface area contributed by atoms with Crippen LogP contribution in [0.1, 0.15) is 38.7 Å². The first-order chi connectivity index (χ1) is 7.03. The molecule has 2 heteroatoms. The molecule has 1 aliphatic heterocycles. The van der Waals surface area contributed by atoms with E-state index in [0.29, 0.717) is 6.54 Å². The summed E-state index contributed by atoms with van der Waals surface area (Å²) in [5.41, 5.74) is 0.106. The third-order valence-electron chi connectivity index (χ3n) is 2.85. The summed E-state index contributed by atoms with van der Waals surface area (Å²) in [5.74, 6) is 0. The minimum absolute atomic E-state index is 0.0860. The zero-order valence-electron chi connectivity index (χ0n) is 12.5. The molecule has 0 saturated carbocycles. The molecule has 2 atom stereocenters. The average molecular weight is 187 g/mol. The highest BCUT2D eigenvalue weighted by atomic mass is 15.3. The van der Waals surface area contributed by atoms with Crippen molar-refractivity contribution in [1.82, 2.24) is 9.80 Å². The van der Waals surface area contributed by atoms with Crippen molar-refractivity contribution in [3.63, 3.8) is 0 Å². The molecular weight excluding hydrogens is 160 g/mol. The second kappa shape index (κ2) is 3.58. The van der Waals surface area contributed by atoms with Crippen molar-refractivity contribution in [2.24, 2.45) is 0 Å². The number of nitrogens with zero attached hydrogens (tertiary/aromatic N) is 2. The molecule has 0 spiro atoms. The molecule has 0 N–H and O–H groups in total. The number of likely N-dealkylation sites (N-methyl/N-ethyl adjacent to an activating group) is 1. The number of hydrogen-bond donors (Lipinski definition) is 0. The Hall–Kier alpha value is -0.0800. The summed E-state index contributed by atoms with van der Waals surface area (Å²) in [6.07, 6.45) is 0. The van der Waals surface area contributed by atoms with Gasteiger partial charge in [-0.2, -0.15) is 0 Å². The van der Waals surface area contributed by atoms with Crippen LogP contribution in [0.2, 0.25) is 0 Å². The molecule has 1 heterocycles. The van der Waals surface area contributed by atoms with Gasteiger partial charge in [-0.25, -0.2) is 0 Å². The van der Waals surface area contributed by atoms with Gasteiger partial charge in [-0.1, -0.05) is 0 Å². The van der Waals surface area contributed by atoms with Crippen LogP contribution in [0.5, 0.6) is 0 Å². The smallest absolute Gasteiger partial charge is 0.0394 e. The van der Waals surface area contributed by atoms with E-state index in [1.54, 1.807) is 4.90 Å². The Kier molecular flexibility index (Phi) is 2.00. The lowest BCUT2D eigenvalue weighted by Crippen LogP contribution is -2.60. The molecule has 13 heavy (non-hydrogen) atoms. The van der Waals surface area contributed by atoms with Gasteiger partial charge in [0.1, 0.15) is 0 Å². The second-order valence-corrected chi connectivity index (χ2v) is 5.17. The first-order valence-corrected chi connectivity index (χ1v) is 5.07. The largest absolute Gasteiger partial charge is 0.301 e. The summed E-state index contributed by atoms with van der Waals surface area (Å²) in [5, 5.41) is 0. The van der Waals surface area contributed by atoms with Crippen LogP contribution >= 0.6 is 0 Å². The fraction of sp³-hybridized carbons (Fsp3) is 1.00. The van der Waals surface area contributed by atoms with Gasteiger partial charge in [0.25, 0.3) is 0 Å². The SMILES string of the molecule is [2H]C([2H])([2H])N1C[C@H](C)N(C(C)(C)C)C[C@H]1C. The lowest BCUT2D eigenvalue weighted by atomic mass is 9.99. The molecule has 0 radical (unpaired) electrons. The highest BCUT2D eigenvalue weighted by Crippen LogP contribution is 2.22. The molecule has 78 valence electrons. The first-order valence-electron chi connectivity index (χ1n) is 6.57. The normalized spacial score (nSPS) is 38.1. The lowest BCUT2D eigenvalue weighted by Gasteiger charge is -2.48. The van der Waals surface area contributed by atoms with E-state index in [0.717, 1.165) is 6.54 Å². The van der Waals surface area contributed by atoms with E-state index in [1.807, 2.05) is 6.92 Å². The Balaban J connectivity index is 2.79. The van der Waals surface area contributed by atoms with E-state index >= 15 is 0 Å². The molecule has 0 unspecified atom stereocenters. The van der Waals surface area contributed by atoms with E-state index in [4.69, 9.17) is 4.11 Å². The van der Waals surface area contributed by atoms with Crippen LogP contribution in [-0.4, -0.2) is 47.5 Å². The minimum atomic E-state index is -1.96. The Morgan fingerprint density at radius 1 is 1.15 bits per heavy atom. The molecule has 0 aromatic rings. The maximum Gasteiger partial charge on any atom is 0.0394 e. The van der Waals surface area contributed by atoms with Gasteiger partial charge in [0.15, 0.2) is 0 Å². The van der Waals surface area contributed by atoms with Gasteiger partial charge < -0.3 is 4.90 Å². The van der Waals surface area contributed by atoms with Crippen LogP contribution in [0.25, 0.3) is 0 Å². The van der Waals surface area contributed by atoms with Crippen molar-refractivity contribution in [1.29, 1.82) is 0 Å². The highest BCUT2D eigenvalue weighted by molar-refractivity contribution is 4.89. The maximum absolute atomic E-state index is 7.51. The van der Waals surface area contributed by atoms with E-state index in [-0.39, 0.29) is 17.6 Å². The Morgan fingerprint density at radius 2 is 1.77 bits per heavy atom. The molecule has 1 fully saturated rings. The molecule has 1 rings (SSSR count). The van der Waals surface area contributed by atoms with Gasteiger partial charge >= 0.3 is 0 Å². The highest BCUT2D eigenvalue weighted by Gasteiger charge is 2.33. The van der Waals surface area contributed by atoms with E-state index in [2.05, 4.69) is 32.6 Å². The monoisotopic (exact) mass is 187 g/mol. The number of hydrogen-bond acceptors (Lipinski definition) is 2. The van der Waals surface area contributed by atoms with Crippen molar-refractivity contribution in [2.75, 3.05) is 20.1 Å². The molecule has 1 saturated heterocycles. The predicted molar refractivity (Wildman–Crippen MR) is 58.0 cm³/mol. The van der Waals surface area contributed by atoms with Crippen LogP contribution in [0.3, 0.4) is 0 Å². The third-order valence-corrected chi connectivity index (χ3v) is 2.85. The molecule has 0 aromatic heterocycles. The summed E-state index contributed by atoms with van der Waals surface area (Å²) in [4.78, 5) is 4.03. The first kappa shape index (κ1) is 7.24. The van der Waals surface area contributed by atoms with E-state index in [9.17, 15) is 0 Å². The maximum atomic E-state index is 7.51. The number of rotatable bonds is 0. The van der Waals surface area contributed by atoms with Gasteiger partial charge in [-0.05, 0) is 41.6 Å². The Labute approximate surface area is 87.1 Å². The summed E-state index contributed by atoms with van der Waals surface area (Å²) in [6.45, 7) is 10.1. The summed E-state index contributed by atoms with van der Waals surface area (Å²) < 4.78 is 22.5. The Bertz CT molecular complexity index is 219. The Morgan fingerprint density at radius 3 is 2.23 bits per heavy atom. The van der Waals surface area contributed by atoms with Gasteiger partial charge in [-0.15, -0.1) is 0 Å². The molecule has 0 aliphatic carbocycles. The molecule has 0 amide bonds. The van der Waals surface area contributed by atoms with E-state index in [1.165, 1.54) is 0 Å². The molecule has 2 nitrogen and oxygen atoms in total. The molecular formula is C11H24N2. The summed E-state index contributed by atoms with van der Waals surface area (Å²) in [6, 6.07) is 0.375. The molecule has 0 aromatic carbocycles. The zero-order chi connectivity index (χ0) is 12.7. The zero-order valence-corrected chi connectivity index (χ0v) is 9.46. The van der Waals surface area contributed by atoms with Gasteiger partial charge in [0.2, 0.25) is 0 Å². The fourth-order valence-corrected chi connectivity index (χ4v) is 2.06. The van der Waals surface area contributed by atoms with Crippen molar-refractivity contribution in [3.8, 4) is 0 Å². The van der Waals surface area contributed by atoms with Crippen molar-refractivity contribution < 1.29 is 4.11 Å². The lowest BCUT2D eigenvalue weighted by molar-refractivity contribution is -0.000118. The molecule has 0 bridgehead atoms. The minimum Gasteiger partial charge on any atom is -0.301 e. The summed E-state index contributed by atoms with van der Waals surface area (Å²) >= 11 is 0. The van der Waals surface area contributed by atoms with Crippen molar-refractivity contribution in [2.45, 2.75) is 52.2 Å². The van der Waals surface area contributed by atoms with Crippen LogP contribution in [0.15, 0.2) is 0 Å². The van der Waals surface area contributed by atoms with Crippen LogP contribution in [-0.2, 0) is 0 Å². The standard InChI is InChI=1S/C11H24N2/c1-9-8-13(11(3,4)5)10(2)7-12(9)6/h9-10H,7-8H2,1-6H3/t9-,10+/m1/s1/i6D3.